The zero-order valence-corrected chi connectivity index (χ0v) is 10.5. The van der Waals surface area contributed by atoms with Crippen molar-refractivity contribution < 1.29 is 8.78 Å². The summed E-state index contributed by atoms with van der Waals surface area (Å²) in [6.45, 7) is 1.55. The maximum atomic E-state index is 14.1. The summed E-state index contributed by atoms with van der Waals surface area (Å²) >= 11 is 5.76. The summed E-state index contributed by atoms with van der Waals surface area (Å²) in [5.41, 5.74) is 0.510. The summed E-state index contributed by atoms with van der Waals surface area (Å²) < 4.78 is 28.0. The molecule has 4 nitrogen and oxygen atoms in total. The van der Waals surface area contributed by atoms with Crippen molar-refractivity contribution in [2.24, 2.45) is 0 Å². The molecule has 19 heavy (non-hydrogen) atoms. The topological polar surface area (TPSA) is 54.5 Å². The minimum absolute atomic E-state index is 0.0856. The maximum absolute atomic E-state index is 14.1. The summed E-state index contributed by atoms with van der Waals surface area (Å²) in [6, 6.07) is 2.55. The van der Waals surface area contributed by atoms with Gasteiger partial charge < -0.3 is 0 Å². The van der Waals surface area contributed by atoms with E-state index in [1.165, 1.54) is 18.3 Å². The lowest BCUT2D eigenvalue weighted by atomic mass is 10.0. The number of rotatable bonds is 1. The zero-order valence-electron chi connectivity index (χ0n) is 9.71. The van der Waals surface area contributed by atoms with Crippen molar-refractivity contribution >= 4 is 22.6 Å². The molecule has 0 aliphatic rings. The summed E-state index contributed by atoms with van der Waals surface area (Å²) in [7, 11) is 0. The fourth-order valence-corrected chi connectivity index (χ4v) is 2.04. The summed E-state index contributed by atoms with van der Waals surface area (Å²) in [5, 5.41) is 6.68. The van der Waals surface area contributed by atoms with Gasteiger partial charge in [-0.3, -0.25) is 5.10 Å². The van der Waals surface area contributed by atoms with Gasteiger partial charge in [0.05, 0.1) is 22.8 Å². The highest BCUT2D eigenvalue weighted by Gasteiger charge is 2.19. The number of aromatic nitrogens is 4. The second-order valence-electron chi connectivity index (χ2n) is 4.03. The van der Waals surface area contributed by atoms with Crippen molar-refractivity contribution in [3.63, 3.8) is 0 Å². The van der Waals surface area contributed by atoms with Crippen molar-refractivity contribution in [2.45, 2.75) is 6.92 Å². The van der Waals surface area contributed by atoms with Crippen LogP contribution in [0.4, 0.5) is 8.78 Å². The lowest BCUT2D eigenvalue weighted by Gasteiger charge is -2.07. The van der Waals surface area contributed by atoms with Gasteiger partial charge >= 0.3 is 0 Å². The molecule has 2 heterocycles. The Balaban J connectivity index is 2.42. The van der Waals surface area contributed by atoms with E-state index >= 15 is 0 Å². The first kappa shape index (κ1) is 12.0. The van der Waals surface area contributed by atoms with E-state index in [2.05, 4.69) is 20.2 Å². The first-order valence-electron chi connectivity index (χ1n) is 5.39. The summed E-state index contributed by atoms with van der Waals surface area (Å²) in [4.78, 5) is 7.82. The molecular weight excluding hydrogens is 274 g/mol. The van der Waals surface area contributed by atoms with Crippen molar-refractivity contribution in [1.82, 2.24) is 20.2 Å². The molecular formula is C12H7ClF2N4. The molecule has 3 aromatic rings. The van der Waals surface area contributed by atoms with Crippen molar-refractivity contribution in [1.29, 1.82) is 0 Å². The van der Waals surface area contributed by atoms with Gasteiger partial charge in [0.1, 0.15) is 11.6 Å². The molecule has 1 N–H and O–H groups in total. The number of nitrogens with one attached hydrogen (secondary N) is 1. The van der Waals surface area contributed by atoms with Crippen molar-refractivity contribution in [2.75, 3.05) is 0 Å². The van der Waals surface area contributed by atoms with E-state index in [1.54, 1.807) is 6.92 Å². The number of H-pyrrole nitrogens is 1. The Labute approximate surface area is 111 Å². The van der Waals surface area contributed by atoms with E-state index in [9.17, 15) is 8.78 Å². The number of aryl methyl sites for hydroxylation is 1. The van der Waals surface area contributed by atoms with Crippen molar-refractivity contribution in [3.05, 3.63) is 40.8 Å². The standard InChI is InChI=1S/C12H7ClF2N4/c1-5-2-3-7(14)8(9(5)15)10-6-4-16-19-11(6)18-12(13)17-10/h2-4H,1H3,(H,16,17,18,19). The lowest BCUT2D eigenvalue weighted by Crippen LogP contribution is -1.97. The Morgan fingerprint density at radius 3 is 2.79 bits per heavy atom. The molecule has 0 radical (unpaired) electrons. The molecule has 0 aliphatic carbocycles. The third-order valence-electron chi connectivity index (χ3n) is 2.80. The smallest absolute Gasteiger partial charge is 0.224 e. The first-order valence-corrected chi connectivity index (χ1v) is 5.77. The van der Waals surface area contributed by atoms with Crippen LogP contribution in [-0.4, -0.2) is 20.2 Å². The monoisotopic (exact) mass is 280 g/mol. The molecule has 0 atom stereocenters. The Kier molecular flexibility index (Phi) is 2.67. The summed E-state index contributed by atoms with van der Waals surface area (Å²) in [6.07, 6.45) is 1.40. The van der Waals surface area contributed by atoms with Gasteiger partial charge in [-0.05, 0) is 30.2 Å². The number of fused-ring (bicyclic) bond motifs is 1. The fourth-order valence-electron chi connectivity index (χ4n) is 1.87. The van der Waals surface area contributed by atoms with Crippen LogP contribution in [0.1, 0.15) is 5.56 Å². The lowest BCUT2D eigenvalue weighted by molar-refractivity contribution is 0.583. The number of aromatic amines is 1. The van der Waals surface area contributed by atoms with Gasteiger partial charge in [-0.15, -0.1) is 0 Å². The normalized spacial score (nSPS) is 11.2. The number of hydrogen-bond donors (Lipinski definition) is 1. The van der Waals surface area contributed by atoms with E-state index in [-0.39, 0.29) is 16.5 Å². The van der Waals surface area contributed by atoms with Gasteiger partial charge in [-0.2, -0.15) is 10.1 Å². The Bertz CT molecular complexity index is 785. The fraction of sp³-hybridized carbons (Fsp3) is 0.0833. The Hall–Kier alpha value is -2.08. The van der Waals surface area contributed by atoms with Gasteiger partial charge in [0.2, 0.25) is 5.28 Å². The average molecular weight is 281 g/mol. The van der Waals surface area contributed by atoms with Crippen LogP contribution in [0.2, 0.25) is 5.28 Å². The Morgan fingerprint density at radius 2 is 2.00 bits per heavy atom. The molecule has 0 aliphatic heterocycles. The van der Waals surface area contributed by atoms with Gasteiger partial charge in [0.15, 0.2) is 5.65 Å². The second-order valence-corrected chi connectivity index (χ2v) is 4.36. The minimum Gasteiger partial charge on any atom is -0.261 e. The van der Waals surface area contributed by atoms with E-state index in [0.29, 0.717) is 16.6 Å². The maximum Gasteiger partial charge on any atom is 0.224 e. The van der Waals surface area contributed by atoms with E-state index < -0.39 is 11.6 Å². The van der Waals surface area contributed by atoms with Gasteiger partial charge in [-0.1, -0.05) is 6.07 Å². The third kappa shape index (κ3) is 1.84. The molecule has 2 aromatic heterocycles. The quantitative estimate of drug-likeness (QED) is 0.696. The third-order valence-corrected chi connectivity index (χ3v) is 2.97. The predicted molar refractivity (Wildman–Crippen MR) is 66.8 cm³/mol. The molecule has 0 bridgehead atoms. The van der Waals surface area contributed by atoms with Crippen LogP contribution in [0.25, 0.3) is 22.3 Å². The average Bonchev–Trinajstić information content (AvgIpc) is 2.82. The van der Waals surface area contributed by atoms with Crippen LogP contribution in [-0.2, 0) is 0 Å². The van der Waals surface area contributed by atoms with Crippen LogP contribution in [0, 0.1) is 18.6 Å². The minimum atomic E-state index is -0.708. The molecule has 0 saturated heterocycles. The van der Waals surface area contributed by atoms with Crippen LogP contribution >= 0.6 is 11.6 Å². The summed E-state index contributed by atoms with van der Waals surface area (Å²) in [5.74, 6) is -1.38. The molecule has 3 rings (SSSR count). The first-order chi connectivity index (χ1) is 9.08. The van der Waals surface area contributed by atoms with Crippen LogP contribution < -0.4 is 0 Å². The predicted octanol–water partition coefficient (Wildman–Crippen LogP) is 3.26. The highest BCUT2D eigenvalue weighted by atomic mass is 35.5. The van der Waals surface area contributed by atoms with E-state index in [0.717, 1.165) is 0 Å². The van der Waals surface area contributed by atoms with Gasteiger partial charge in [-0.25, -0.2) is 13.8 Å². The molecule has 0 spiro atoms. The molecule has 0 amide bonds. The number of nitrogens with zero attached hydrogens (tertiary/aromatic N) is 3. The molecule has 1 aromatic carbocycles. The highest BCUT2D eigenvalue weighted by molar-refractivity contribution is 6.28. The van der Waals surface area contributed by atoms with Gasteiger partial charge in [0.25, 0.3) is 0 Å². The SMILES string of the molecule is Cc1ccc(F)c(-c2nc(Cl)nc3[nH]ncc23)c1F. The van der Waals surface area contributed by atoms with Crippen LogP contribution in [0.5, 0.6) is 0 Å². The van der Waals surface area contributed by atoms with Crippen LogP contribution in [0.3, 0.4) is 0 Å². The van der Waals surface area contributed by atoms with Crippen molar-refractivity contribution in [3.8, 4) is 11.3 Å². The number of benzene rings is 1. The van der Waals surface area contributed by atoms with Crippen LogP contribution in [0.15, 0.2) is 18.3 Å². The molecule has 0 unspecified atom stereocenters. The Morgan fingerprint density at radius 1 is 1.21 bits per heavy atom. The van der Waals surface area contributed by atoms with Gasteiger partial charge in [0, 0.05) is 0 Å². The second kappa shape index (κ2) is 4.24. The van der Waals surface area contributed by atoms with E-state index in [4.69, 9.17) is 11.6 Å². The molecule has 0 fully saturated rings. The molecule has 7 heteroatoms. The number of halogens is 3. The largest absolute Gasteiger partial charge is 0.261 e. The molecule has 0 saturated carbocycles. The zero-order chi connectivity index (χ0) is 13.6. The molecule has 96 valence electrons. The number of hydrogen-bond acceptors (Lipinski definition) is 3. The van der Waals surface area contributed by atoms with E-state index in [1.807, 2.05) is 0 Å². The highest BCUT2D eigenvalue weighted by Crippen LogP contribution is 2.31.